The van der Waals surface area contributed by atoms with E-state index < -0.39 is 10.0 Å². The molecule has 3 rings (SSSR count). The molecule has 1 N–H and O–H groups in total. The number of rotatable bonds is 6. The SMILES string of the molecule is CCCC(C)NS(=O)(=O)c1ccc2c(c1)CCCN2C(=O)c1cccc(Cl)c1. The molecule has 1 atom stereocenters. The third-order valence-corrected chi connectivity index (χ3v) is 6.70. The molecular formula is C21H25ClN2O3S. The maximum atomic E-state index is 13.0. The Morgan fingerprint density at radius 2 is 2.04 bits per heavy atom. The highest BCUT2D eigenvalue weighted by molar-refractivity contribution is 7.89. The van der Waals surface area contributed by atoms with Gasteiger partial charge in [0.2, 0.25) is 10.0 Å². The summed E-state index contributed by atoms with van der Waals surface area (Å²) < 4.78 is 28.1. The summed E-state index contributed by atoms with van der Waals surface area (Å²) in [6.45, 7) is 4.48. The number of amides is 1. The Labute approximate surface area is 171 Å². The van der Waals surface area contributed by atoms with E-state index in [1.165, 1.54) is 0 Å². The van der Waals surface area contributed by atoms with Crippen LogP contribution in [-0.2, 0) is 16.4 Å². The quantitative estimate of drug-likeness (QED) is 0.753. The first-order valence-electron chi connectivity index (χ1n) is 9.54. The third-order valence-electron chi connectivity index (χ3n) is 4.87. The number of nitrogens with zero attached hydrogens (tertiary/aromatic N) is 1. The van der Waals surface area contributed by atoms with Gasteiger partial charge < -0.3 is 4.90 Å². The molecule has 1 amide bonds. The fraction of sp³-hybridized carbons (Fsp3) is 0.381. The second kappa shape index (κ2) is 8.64. The molecule has 0 spiro atoms. The number of carbonyl (C=O) groups excluding carboxylic acids is 1. The van der Waals surface area contributed by atoms with Gasteiger partial charge in [0.1, 0.15) is 0 Å². The standard InChI is InChI=1S/C21H25ClN2O3S/c1-3-6-15(2)23-28(26,27)19-10-11-20-16(14-19)8-5-12-24(20)21(25)17-7-4-9-18(22)13-17/h4,7,9-11,13-15,23H,3,5-6,8,12H2,1-2H3. The molecule has 1 aliphatic rings. The summed E-state index contributed by atoms with van der Waals surface area (Å²) in [4.78, 5) is 14.9. The molecule has 0 fully saturated rings. The summed E-state index contributed by atoms with van der Waals surface area (Å²) in [6, 6.07) is 11.7. The van der Waals surface area contributed by atoms with Crippen molar-refractivity contribution in [3.63, 3.8) is 0 Å². The Bertz CT molecular complexity index is 975. The van der Waals surface area contributed by atoms with Gasteiger partial charge in [-0.2, -0.15) is 0 Å². The first-order valence-corrected chi connectivity index (χ1v) is 11.4. The van der Waals surface area contributed by atoms with E-state index in [2.05, 4.69) is 4.72 Å². The Morgan fingerprint density at radius 3 is 2.75 bits per heavy atom. The molecule has 2 aromatic rings. The zero-order chi connectivity index (χ0) is 20.3. The number of hydrogen-bond acceptors (Lipinski definition) is 3. The molecule has 1 aliphatic heterocycles. The van der Waals surface area contributed by atoms with Gasteiger partial charge in [-0.15, -0.1) is 0 Å². The van der Waals surface area contributed by atoms with Crippen molar-refractivity contribution in [3.8, 4) is 0 Å². The van der Waals surface area contributed by atoms with E-state index in [1.807, 2.05) is 13.8 Å². The molecule has 150 valence electrons. The van der Waals surface area contributed by atoms with E-state index in [4.69, 9.17) is 11.6 Å². The maximum Gasteiger partial charge on any atom is 0.258 e. The number of hydrogen-bond donors (Lipinski definition) is 1. The lowest BCUT2D eigenvalue weighted by Gasteiger charge is -2.30. The van der Waals surface area contributed by atoms with Gasteiger partial charge in [0.25, 0.3) is 5.91 Å². The molecule has 2 aromatic carbocycles. The highest BCUT2D eigenvalue weighted by Gasteiger charge is 2.26. The van der Waals surface area contributed by atoms with Gasteiger partial charge in [-0.3, -0.25) is 4.79 Å². The number of benzene rings is 2. The predicted molar refractivity (Wildman–Crippen MR) is 113 cm³/mol. The number of nitrogens with one attached hydrogen (secondary N) is 1. The van der Waals surface area contributed by atoms with Gasteiger partial charge in [-0.1, -0.05) is 31.0 Å². The van der Waals surface area contributed by atoms with Crippen LogP contribution in [0.25, 0.3) is 0 Å². The zero-order valence-corrected chi connectivity index (χ0v) is 17.7. The lowest BCUT2D eigenvalue weighted by atomic mass is 10.0. The van der Waals surface area contributed by atoms with Crippen LogP contribution in [0.5, 0.6) is 0 Å². The predicted octanol–water partition coefficient (Wildman–Crippen LogP) is 4.40. The van der Waals surface area contributed by atoms with E-state index in [0.29, 0.717) is 17.1 Å². The van der Waals surface area contributed by atoms with Gasteiger partial charge in [0.15, 0.2) is 0 Å². The lowest BCUT2D eigenvalue weighted by molar-refractivity contribution is 0.0985. The van der Waals surface area contributed by atoms with Crippen LogP contribution in [0.15, 0.2) is 47.4 Å². The van der Waals surface area contributed by atoms with Crippen LogP contribution in [0.4, 0.5) is 5.69 Å². The molecular weight excluding hydrogens is 396 g/mol. The molecule has 7 heteroatoms. The van der Waals surface area contributed by atoms with Gasteiger partial charge in [-0.05, 0) is 68.1 Å². The summed E-state index contributed by atoms with van der Waals surface area (Å²) in [6.07, 6.45) is 3.21. The van der Waals surface area contributed by atoms with Crippen molar-refractivity contribution in [2.75, 3.05) is 11.4 Å². The van der Waals surface area contributed by atoms with Crippen LogP contribution in [0.2, 0.25) is 5.02 Å². The van der Waals surface area contributed by atoms with E-state index in [1.54, 1.807) is 47.4 Å². The molecule has 0 saturated carbocycles. The fourth-order valence-electron chi connectivity index (χ4n) is 3.55. The van der Waals surface area contributed by atoms with Crippen molar-refractivity contribution in [2.24, 2.45) is 0 Å². The number of anilines is 1. The minimum atomic E-state index is -3.58. The topological polar surface area (TPSA) is 66.5 Å². The molecule has 0 bridgehead atoms. The second-order valence-corrected chi connectivity index (χ2v) is 9.32. The monoisotopic (exact) mass is 420 g/mol. The van der Waals surface area contributed by atoms with Gasteiger partial charge in [-0.25, -0.2) is 13.1 Å². The lowest BCUT2D eigenvalue weighted by Crippen LogP contribution is -2.36. The summed E-state index contributed by atoms with van der Waals surface area (Å²) in [7, 11) is -3.58. The first-order chi connectivity index (χ1) is 13.3. The Morgan fingerprint density at radius 1 is 1.25 bits per heavy atom. The number of fused-ring (bicyclic) bond motifs is 1. The van der Waals surface area contributed by atoms with Crippen LogP contribution >= 0.6 is 11.6 Å². The van der Waals surface area contributed by atoms with E-state index >= 15 is 0 Å². The van der Waals surface area contributed by atoms with Crippen molar-refractivity contribution < 1.29 is 13.2 Å². The highest BCUT2D eigenvalue weighted by atomic mass is 35.5. The average Bonchev–Trinajstić information content (AvgIpc) is 2.66. The smallest absolute Gasteiger partial charge is 0.258 e. The summed E-state index contributed by atoms with van der Waals surface area (Å²) in [5.41, 5.74) is 2.15. The Balaban J connectivity index is 1.89. The van der Waals surface area contributed by atoms with Crippen molar-refractivity contribution in [1.82, 2.24) is 4.72 Å². The Kier molecular flexibility index (Phi) is 6.43. The van der Waals surface area contributed by atoms with Gasteiger partial charge >= 0.3 is 0 Å². The molecule has 0 aliphatic carbocycles. The Hall–Kier alpha value is -1.89. The van der Waals surface area contributed by atoms with Crippen molar-refractivity contribution >= 4 is 33.2 Å². The average molecular weight is 421 g/mol. The minimum Gasteiger partial charge on any atom is -0.308 e. The molecule has 1 unspecified atom stereocenters. The van der Waals surface area contributed by atoms with Gasteiger partial charge in [0.05, 0.1) is 4.90 Å². The maximum absolute atomic E-state index is 13.0. The molecule has 0 aromatic heterocycles. The molecule has 0 radical (unpaired) electrons. The number of aryl methyl sites for hydroxylation is 1. The largest absolute Gasteiger partial charge is 0.308 e. The van der Waals surface area contributed by atoms with Crippen LogP contribution in [0.1, 0.15) is 49.0 Å². The van der Waals surface area contributed by atoms with E-state index in [0.717, 1.165) is 36.9 Å². The van der Waals surface area contributed by atoms with Crippen LogP contribution < -0.4 is 9.62 Å². The molecule has 1 heterocycles. The highest BCUT2D eigenvalue weighted by Crippen LogP contribution is 2.31. The first kappa shape index (κ1) is 20.8. The normalized spacial score (nSPS) is 15.2. The minimum absolute atomic E-state index is 0.119. The van der Waals surface area contributed by atoms with Crippen LogP contribution in [0.3, 0.4) is 0 Å². The van der Waals surface area contributed by atoms with Crippen LogP contribution in [-0.4, -0.2) is 26.9 Å². The second-order valence-electron chi connectivity index (χ2n) is 7.17. The molecule has 28 heavy (non-hydrogen) atoms. The van der Waals surface area contributed by atoms with Crippen molar-refractivity contribution in [2.45, 2.75) is 50.5 Å². The van der Waals surface area contributed by atoms with Crippen molar-refractivity contribution in [3.05, 3.63) is 58.6 Å². The van der Waals surface area contributed by atoms with E-state index in [-0.39, 0.29) is 16.8 Å². The van der Waals surface area contributed by atoms with Crippen LogP contribution in [0, 0.1) is 0 Å². The van der Waals surface area contributed by atoms with E-state index in [9.17, 15) is 13.2 Å². The molecule has 0 saturated heterocycles. The summed E-state index contributed by atoms with van der Waals surface area (Å²) >= 11 is 6.02. The summed E-state index contributed by atoms with van der Waals surface area (Å²) in [5, 5.41) is 0.511. The van der Waals surface area contributed by atoms with Gasteiger partial charge in [0, 0.05) is 28.9 Å². The third kappa shape index (κ3) is 4.57. The zero-order valence-electron chi connectivity index (χ0n) is 16.1. The molecule has 5 nitrogen and oxygen atoms in total. The fourth-order valence-corrected chi connectivity index (χ4v) is 5.07. The number of sulfonamides is 1. The van der Waals surface area contributed by atoms with Crippen molar-refractivity contribution in [1.29, 1.82) is 0 Å². The number of halogens is 1. The summed E-state index contributed by atoms with van der Waals surface area (Å²) in [5.74, 6) is -0.131. The number of carbonyl (C=O) groups is 1.